The van der Waals surface area contributed by atoms with Crippen LogP contribution in [0.5, 0.6) is 0 Å². The van der Waals surface area contributed by atoms with Crippen molar-refractivity contribution >= 4 is 5.96 Å². The summed E-state index contributed by atoms with van der Waals surface area (Å²) in [6, 6.07) is 0. The third kappa shape index (κ3) is 4.33. The quantitative estimate of drug-likeness (QED) is 0.564. The highest BCUT2D eigenvalue weighted by atomic mass is 16.5. The standard InChI is InChI=1S/C16H27N7O/c1-5-13-12(14(6-2)24-22-13)9-18-16(17-7-3)19-10-15-21-20-11-23(15)8-4/h11H,5-10H2,1-4H3,(H2,17,18,19). The van der Waals surface area contributed by atoms with Gasteiger partial charge in [0.05, 0.1) is 18.8 Å². The van der Waals surface area contributed by atoms with E-state index in [9.17, 15) is 0 Å². The van der Waals surface area contributed by atoms with Gasteiger partial charge < -0.3 is 19.7 Å². The van der Waals surface area contributed by atoms with Gasteiger partial charge in [0.15, 0.2) is 11.8 Å². The number of hydrogen-bond donors (Lipinski definition) is 2. The summed E-state index contributed by atoms with van der Waals surface area (Å²) in [6.45, 7) is 11.0. The average Bonchev–Trinajstić information content (AvgIpc) is 3.22. The number of rotatable bonds is 8. The molecule has 2 rings (SSSR count). The molecule has 0 saturated heterocycles. The Morgan fingerprint density at radius 2 is 2.04 bits per heavy atom. The Labute approximate surface area is 142 Å². The monoisotopic (exact) mass is 333 g/mol. The van der Waals surface area contributed by atoms with Gasteiger partial charge in [-0.25, -0.2) is 4.99 Å². The maximum absolute atomic E-state index is 5.40. The molecule has 0 aliphatic rings. The number of guanidine groups is 1. The third-order valence-corrected chi connectivity index (χ3v) is 3.80. The van der Waals surface area contributed by atoms with E-state index in [2.05, 4.69) is 51.8 Å². The first-order valence-corrected chi connectivity index (χ1v) is 8.58. The summed E-state index contributed by atoms with van der Waals surface area (Å²) in [5.74, 6) is 2.54. The summed E-state index contributed by atoms with van der Waals surface area (Å²) >= 11 is 0. The SMILES string of the molecule is CCNC(=NCc1c(CC)noc1CC)NCc1nncn1CC. The zero-order valence-electron chi connectivity index (χ0n) is 15.0. The summed E-state index contributed by atoms with van der Waals surface area (Å²) in [5, 5.41) is 18.7. The molecule has 2 heterocycles. The van der Waals surface area contributed by atoms with Gasteiger partial charge in [0.25, 0.3) is 0 Å². The molecule has 0 amide bonds. The zero-order chi connectivity index (χ0) is 17.4. The van der Waals surface area contributed by atoms with Gasteiger partial charge in [-0.3, -0.25) is 0 Å². The molecule has 0 bridgehead atoms. The van der Waals surface area contributed by atoms with Crippen LogP contribution in [0.1, 0.15) is 50.5 Å². The first kappa shape index (κ1) is 18.0. The lowest BCUT2D eigenvalue weighted by molar-refractivity contribution is 0.380. The van der Waals surface area contributed by atoms with Crippen molar-refractivity contribution in [2.24, 2.45) is 4.99 Å². The maximum atomic E-state index is 5.40. The average molecular weight is 333 g/mol. The van der Waals surface area contributed by atoms with Crippen molar-refractivity contribution in [3.8, 4) is 0 Å². The molecule has 8 heteroatoms. The number of nitrogens with zero attached hydrogens (tertiary/aromatic N) is 5. The maximum Gasteiger partial charge on any atom is 0.191 e. The highest BCUT2D eigenvalue weighted by Crippen LogP contribution is 2.16. The Morgan fingerprint density at radius 3 is 2.71 bits per heavy atom. The van der Waals surface area contributed by atoms with E-state index in [-0.39, 0.29) is 0 Å². The molecule has 0 aliphatic carbocycles. The van der Waals surface area contributed by atoms with Gasteiger partial charge in [-0.05, 0) is 20.3 Å². The van der Waals surface area contributed by atoms with Gasteiger partial charge in [0.1, 0.15) is 12.1 Å². The fraction of sp³-hybridized carbons (Fsp3) is 0.625. The minimum Gasteiger partial charge on any atom is -0.361 e. The van der Waals surface area contributed by atoms with E-state index >= 15 is 0 Å². The van der Waals surface area contributed by atoms with E-state index in [0.29, 0.717) is 13.1 Å². The lowest BCUT2D eigenvalue weighted by Gasteiger charge is -2.11. The van der Waals surface area contributed by atoms with Crippen LogP contribution in [-0.4, -0.2) is 32.4 Å². The van der Waals surface area contributed by atoms with Crippen LogP contribution in [0.4, 0.5) is 0 Å². The molecule has 2 aromatic heterocycles. The Kier molecular flexibility index (Phi) is 6.77. The molecule has 132 valence electrons. The fourth-order valence-corrected chi connectivity index (χ4v) is 2.46. The summed E-state index contributed by atoms with van der Waals surface area (Å²) in [5.41, 5.74) is 2.08. The predicted octanol–water partition coefficient (Wildman–Crippen LogP) is 1.67. The van der Waals surface area contributed by atoms with Crippen LogP contribution < -0.4 is 10.6 Å². The second-order valence-electron chi connectivity index (χ2n) is 5.32. The van der Waals surface area contributed by atoms with Crippen LogP contribution in [0.2, 0.25) is 0 Å². The molecule has 2 N–H and O–H groups in total. The van der Waals surface area contributed by atoms with E-state index in [4.69, 9.17) is 4.52 Å². The highest BCUT2D eigenvalue weighted by molar-refractivity contribution is 5.79. The van der Waals surface area contributed by atoms with Crippen molar-refractivity contribution < 1.29 is 4.52 Å². The topological polar surface area (TPSA) is 93.2 Å². The van der Waals surface area contributed by atoms with Crippen LogP contribution in [0.25, 0.3) is 0 Å². The van der Waals surface area contributed by atoms with Crippen LogP contribution in [-0.2, 0) is 32.5 Å². The van der Waals surface area contributed by atoms with Crippen LogP contribution in [0, 0.1) is 0 Å². The molecular weight excluding hydrogens is 306 g/mol. The molecule has 8 nitrogen and oxygen atoms in total. The Morgan fingerprint density at radius 1 is 1.21 bits per heavy atom. The lowest BCUT2D eigenvalue weighted by atomic mass is 10.1. The van der Waals surface area contributed by atoms with Crippen LogP contribution in [0.15, 0.2) is 15.8 Å². The van der Waals surface area contributed by atoms with Crippen molar-refractivity contribution in [1.82, 2.24) is 30.6 Å². The van der Waals surface area contributed by atoms with Crippen molar-refractivity contribution in [2.75, 3.05) is 6.54 Å². The largest absolute Gasteiger partial charge is 0.361 e. The molecule has 0 radical (unpaired) electrons. The number of hydrogen-bond acceptors (Lipinski definition) is 5. The Hall–Kier alpha value is -2.38. The molecule has 0 aliphatic heterocycles. The van der Waals surface area contributed by atoms with Crippen molar-refractivity contribution in [2.45, 2.75) is 60.2 Å². The van der Waals surface area contributed by atoms with Gasteiger partial charge in [-0.15, -0.1) is 10.2 Å². The van der Waals surface area contributed by atoms with Crippen molar-refractivity contribution in [3.05, 3.63) is 29.2 Å². The number of nitrogens with one attached hydrogen (secondary N) is 2. The third-order valence-electron chi connectivity index (χ3n) is 3.80. The van der Waals surface area contributed by atoms with Crippen LogP contribution in [0.3, 0.4) is 0 Å². The summed E-state index contributed by atoms with van der Waals surface area (Å²) in [7, 11) is 0. The van der Waals surface area contributed by atoms with E-state index in [0.717, 1.165) is 54.7 Å². The second-order valence-corrected chi connectivity index (χ2v) is 5.32. The molecule has 0 fully saturated rings. The Balaban J connectivity index is 2.07. The van der Waals surface area contributed by atoms with Gasteiger partial charge in [0, 0.05) is 25.1 Å². The molecule has 0 atom stereocenters. The second kappa shape index (κ2) is 9.05. The van der Waals surface area contributed by atoms with Gasteiger partial charge >= 0.3 is 0 Å². The van der Waals surface area contributed by atoms with E-state index in [1.54, 1.807) is 6.33 Å². The molecule has 24 heavy (non-hydrogen) atoms. The molecule has 0 aromatic carbocycles. The normalized spacial score (nSPS) is 11.8. The molecule has 0 spiro atoms. The smallest absolute Gasteiger partial charge is 0.191 e. The van der Waals surface area contributed by atoms with Crippen LogP contribution >= 0.6 is 0 Å². The fourth-order valence-electron chi connectivity index (χ4n) is 2.46. The lowest BCUT2D eigenvalue weighted by Crippen LogP contribution is -2.37. The summed E-state index contributed by atoms with van der Waals surface area (Å²) in [6.07, 6.45) is 3.40. The Bertz CT molecular complexity index is 638. The minimum absolute atomic E-state index is 0.547. The highest BCUT2D eigenvalue weighted by Gasteiger charge is 2.13. The van der Waals surface area contributed by atoms with E-state index in [1.807, 2.05) is 11.5 Å². The molecule has 2 aromatic rings. The summed E-state index contributed by atoms with van der Waals surface area (Å²) < 4.78 is 7.40. The van der Waals surface area contributed by atoms with E-state index in [1.165, 1.54) is 0 Å². The zero-order valence-corrected chi connectivity index (χ0v) is 15.0. The molecule has 0 saturated carbocycles. The molecular formula is C16H27N7O. The van der Waals surface area contributed by atoms with Gasteiger partial charge in [-0.2, -0.15) is 0 Å². The summed E-state index contributed by atoms with van der Waals surface area (Å²) in [4.78, 5) is 4.67. The number of aliphatic imine (C=N–C) groups is 1. The van der Waals surface area contributed by atoms with Gasteiger partial charge in [0.2, 0.25) is 0 Å². The van der Waals surface area contributed by atoms with E-state index < -0.39 is 0 Å². The predicted molar refractivity (Wildman–Crippen MR) is 92.6 cm³/mol. The number of aromatic nitrogens is 4. The number of aryl methyl sites for hydroxylation is 3. The van der Waals surface area contributed by atoms with Crippen molar-refractivity contribution in [3.63, 3.8) is 0 Å². The first-order valence-electron chi connectivity index (χ1n) is 8.58. The van der Waals surface area contributed by atoms with Crippen molar-refractivity contribution in [1.29, 1.82) is 0 Å². The molecule has 0 unspecified atom stereocenters. The first-order chi connectivity index (χ1) is 11.7. The minimum atomic E-state index is 0.547. The van der Waals surface area contributed by atoms with Gasteiger partial charge in [-0.1, -0.05) is 19.0 Å².